The first-order valence-corrected chi connectivity index (χ1v) is 4.67. The summed E-state index contributed by atoms with van der Waals surface area (Å²) in [4.78, 5) is 7.72. The van der Waals surface area contributed by atoms with Crippen molar-refractivity contribution in [2.24, 2.45) is 0 Å². The lowest BCUT2D eigenvalue weighted by Gasteiger charge is -2.02. The van der Waals surface area contributed by atoms with Gasteiger partial charge in [0.15, 0.2) is 0 Å². The van der Waals surface area contributed by atoms with E-state index in [2.05, 4.69) is 9.97 Å². The highest BCUT2D eigenvalue weighted by Crippen LogP contribution is 2.49. The minimum atomic E-state index is -0.671. The van der Waals surface area contributed by atoms with Gasteiger partial charge in [-0.2, -0.15) is 0 Å². The molecule has 1 aromatic heterocycles. The summed E-state index contributed by atoms with van der Waals surface area (Å²) < 4.78 is 4.74. The predicted octanol–water partition coefficient (Wildman–Crippen LogP) is 1.94. The molecule has 1 aromatic rings. The van der Waals surface area contributed by atoms with E-state index in [4.69, 9.17) is 27.9 Å². The Morgan fingerprint density at radius 1 is 1.46 bits per heavy atom. The largest absolute Gasteiger partial charge is 0.370 e. The molecule has 0 spiro atoms. The molecule has 2 rings (SSSR count). The summed E-state index contributed by atoms with van der Waals surface area (Å²) in [6.45, 7) is 0.465. The summed E-state index contributed by atoms with van der Waals surface area (Å²) in [6, 6.07) is 0. The van der Waals surface area contributed by atoms with Gasteiger partial charge in [0.1, 0.15) is 10.7 Å². The monoisotopic (exact) mass is 218 g/mol. The van der Waals surface area contributed by atoms with Crippen molar-refractivity contribution in [3.05, 3.63) is 24.3 Å². The molecule has 13 heavy (non-hydrogen) atoms. The van der Waals surface area contributed by atoms with Gasteiger partial charge in [0.05, 0.1) is 12.7 Å². The van der Waals surface area contributed by atoms with Crippen molar-refractivity contribution >= 4 is 23.2 Å². The Morgan fingerprint density at radius 3 is 2.62 bits per heavy atom. The molecule has 1 atom stereocenters. The van der Waals surface area contributed by atoms with E-state index in [1.807, 2.05) is 0 Å². The zero-order chi connectivity index (χ0) is 9.31. The second-order valence-electron chi connectivity index (χ2n) is 3.01. The van der Waals surface area contributed by atoms with E-state index >= 15 is 0 Å². The first-order valence-electron chi connectivity index (χ1n) is 3.92. The number of hydrogen-bond acceptors (Lipinski definition) is 3. The molecule has 0 aliphatic heterocycles. The van der Waals surface area contributed by atoms with Crippen molar-refractivity contribution in [1.29, 1.82) is 0 Å². The molecule has 1 aliphatic carbocycles. The normalized spacial score (nSPS) is 24.3. The Bertz CT molecular complexity index is 291. The van der Waals surface area contributed by atoms with Crippen molar-refractivity contribution in [2.75, 3.05) is 0 Å². The molecule has 3 nitrogen and oxygen atoms in total. The first kappa shape index (κ1) is 9.19. The summed E-state index contributed by atoms with van der Waals surface area (Å²) in [5, 5.41) is 0. The van der Waals surface area contributed by atoms with E-state index in [0.717, 1.165) is 5.56 Å². The zero-order valence-electron chi connectivity index (χ0n) is 6.78. The van der Waals surface area contributed by atoms with E-state index in [1.165, 1.54) is 6.33 Å². The minimum absolute atomic E-state index is 0.0453. The molecule has 0 bridgehead atoms. The SMILES string of the molecule is ClC1(Cl)CC1OCc1cncnc1. The molecule has 1 saturated carbocycles. The Kier molecular flexibility index (Phi) is 2.41. The molecule has 0 N–H and O–H groups in total. The van der Waals surface area contributed by atoms with Crippen molar-refractivity contribution in [1.82, 2.24) is 9.97 Å². The Hall–Kier alpha value is -0.380. The van der Waals surface area contributed by atoms with Gasteiger partial charge in [-0.25, -0.2) is 9.97 Å². The van der Waals surface area contributed by atoms with Gasteiger partial charge in [0.25, 0.3) is 0 Å². The maximum atomic E-state index is 5.78. The third-order valence-electron chi connectivity index (χ3n) is 1.83. The van der Waals surface area contributed by atoms with Gasteiger partial charge < -0.3 is 4.74 Å². The van der Waals surface area contributed by atoms with Crippen LogP contribution in [0.25, 0.3) is 0 Å². The lowest BCUT2D eigenvalue weighted by molar-refractivity contribution is 0.104. The fourth-order valence-corrected chi connectivity index (χ4v) is 1.38. The summed E-state index contributed by atoms with van der Waals surface area (Å²) in [6.07, 6.45) is 5.55. The third kappa shape index (κ3) is 2.30. The average molecular weight is 219 g/mol. The average Bonchev–Trinajstić information content (AvgIpc) is 2.73. The summed E-state index contributed by atoms with van der Waals surface area (Å²) in [5.74, 6) is 0. The fourth-order valence-electron chi connectivity index (χ4n) is 0.970. The lowest BCUT2D eigenvalue weighted by atomic mass is 10.4. The Morgan fingerprint density at radius 2 is 2.08 bits per heavy atom. The molecule has 1 aliphatic rings. The molecular weight excluding hydrogens is 211 g/mol. The molecule has 1 fully saturated rings. The highest BCUT2D eigenvalue weighted by atomic mass is 35.5. The molecular formula is C8H8Cl2N2O. The van der Waals surface area contributed by atoms with Crippen LogP contribution in [0.15, 0.2) is 18.7 Å². The summed E-state index contributed by atoms with van der Waals surface area (Å²) in [7, 11) is 0. The van der Waals surface area contributed by atoms with Crippen LogP contribution in [-0.4, -0.2) is 20.4 Å². The maximum Gasteiger partial charge on any atom is 0.146 e. The molecule has 0 radical (unpaired) electrons. The van der Waals surface area contributed by atoms with E-state index in [-0.39, 0.29) is 6.10 Å². The molecule has 0 saturated heterocycles. The summed E-state index contributed by atoms with van der Waals surface area (Å²) >= 11 is 11.6. The van der Waals surface area contributed by atoms with E-state index in [1.54, 1.807) is 12.4 Å². The van der Waals surface area contributed by atoms with Crippen LogP contribution in [0.4, 0.5) is 0 Å². The number of rotatable bonds is 3. The molecule has 5 heteroatoms. The van der Waals surface area contributed by atoms with Gasteiger partial charge in [0, 0.05) is 24.4 Å². The van der Waals surface area contributed by atoms with Crippen LogP contribution in [0.1, 0.15) is 12.0 Å². The number of ether oxygens (including phenoxy) is 1. The van der Waals surface area contributed by atoms with E-state index in [9.17, 15) is 0 Å². The number of hydrogen-bond donors (Lipinski definition) is 0. The lowest BCUT2D eigenvalue weighted by Crippen LogP contribution is -2.02. The summed E-state index contributed by atoms with van der Waals surface area (Å²) in [5.41, 5.74) is 0.929. The molecule has 0 amide bonds. The second kappa shape index (κ2) is 3.40. The van der Waals surface area contributed by atoms with Crippen molar-refractivity contribution in [3.63, 3.8) is 0 Å². The zero-order valence-corrected chi connectivity index (χ0v) is 8.29. The third-order valence-corrected chi connectivity index (χ3v) is 2.63. The molecule has 70 valence electrons. The highest BCUT2D eigenvalue weighted by molar-refractivity contribution is 6.51. The number of alkyl halides is 2. The molecule has 1 unspecified atom stereocenters. The molecule has 1 heterocycles. The standard InChI is InChI=1S/C8H8Cl2N2O/c9-8(10)1-7(8)13-4-6-2-11-5-12-3-6/h2-3,5,7H,1,4H2. The fraction of sp³-hybridized carbons (Fsp3) is 0.500. The van der Waals surface area contributed by atoms with Crippen molar-refractivity contribution < 1.29 is 4.74 Å². The quantitative estimate of drug-likeness (QED) is 0.728. The van der Waals surface area contributed by atoms with Gasteiger partial charge in [-0.3, -0.25) is 0 Å². The predicted molar refractivity (Wildman–Crippen MR) is 49.7 cm³/mol. The van der Waals surface area contributed by atoms with Crippen LogP contribution in [0, 0.1) is 0 Å². The van der Waals surface area contributed by atoms with Crippen LogP contribution in [0.5, 0.6) is 0 Å². The number of aromatic nitrogens is 2. The van der Waals surface area contributed by atoms with Gasteiger partial charge in [-0.05, 0) is 0 Å². The van der Waals surface area contributed by atoms with E-state index < -0.39 is 4.33 Å². The maximum absolute atomic E-state index is 5.78. The van der Waals surface area contributed by atoms with E-state index in [0.29, 0.717) is 13.0 Å². The van der Waals surface area contributed by atoms with Gasteiger partial charge >= 0.3 is 0 Å². The van der Waals surface area contributed by atoms with Gasteiger partial charge in [-0.15, -0.1) is 0 Å². The number of nitrogens with zero attached hydrogens (tertiary/aromatic N) is 2. The van der Waals surface area contributed by atoms with Crippen LogP contribution in [0.2, 0.25) is 0 Å². The first-order chi connectivity index (χ1) is 6.18. The van der Waals surface area contributed by atoms with Gasteiger partial charge in [0.2, 0.25) is 0 Å². The number of halogens is 2. The van der Waals surface area contributed by atoms with Crippen molar-refractivity contribution in [2.45, 2.75) is 23.5 Å². The van der Waals surface area contributed by atoms with Gasteiger partial charge in [-0.1, -0.05) is 23.2 Å². The van der Waals surface area contributed by atoms with Crippen LogP contribution in [0.3, 0.4) is 0 Å². The topological polar surface area (TPSA) is 35.0 Å². The second-order valence-corrected chi connectivity index (χ2v) is 4.55. The highest BCUT2D eigenvalue weighted by Gasteiger charge is 2.53. The Balaban J connectivity index is 1.82. The van der Waals surface area contributed by atoms with Crippen LogP contribution in [-0.2, 0) is 11.3 Å². The van der Waals surface area contributed by atoms with Crippen LogP contribution < -0.4 is 0 Å². The Labute approximate surface area is 86.0 Å². The minimum Gasteiger partial charge on any atom is -0.370 e. The van der Waals surface area contributed by atoms with Crippen molar-refractivity contribution in [3.8, 4) is 0 Å². The smallest absolute Gasteiger partial charge is 0.146 e. The molecule has 0 aromatic carbocycles. The van der Waals surface area contributed by atoms with Crippen LogP contribution >= 0.6 is 23.2 Å².